The van der Waals surface area contributed by atoms with Crippen LogP contribution in [0, 0.1) is 6.92 Å². The molecule has 1 fully saturated rings. The third kappa shape index (κ3) is 3.88. The summed E-state index contributed by atoms with van der Waals surface area (Å²) in [7, 11) is 0. The van der Waals surface area contributed by atoms with Crippen molar-refractivity contribution in [3.8, 4) is 5.75 Å². The predicted octanol–water partition coefficient (Wildman–Crippen LogP) is 5.89. The van der Waals surface area contributed by atoms with Crippen molar-refractivity contribution in [2.24, 2.45) is 0 Å². The Morgan fingerprint density at radius 3 is 2.42 bits per heavy atom. The van der Waals surface area contributed by atoms with E-state index in [-0.39, 0.29) is 5.91 Å². The molecular formula is C22H26ClNO2. The Bertz CT molecular complexity index is 764. The van der Waals surface area contributed by atoms with Crippen LogP contribution in [0.5, 0.6) is 5.75 Å². The number of hydrogen-bond donors (Lipinski definition) is 1. The Morgan fingerprint density at radius 2 is 1.81 bits per heavy atom. The van der Waals surface area contributed by atoms with Gasteiger partial charge in [-0.3, -0.25) is 4.79 Å². The maximum atomic E-state index is 13.3. The highest BCUT2D eigenvalue weighted by molar-refractivity contribution is 6.32. The molecule has 1 aliphatic rings. The number of benzene rings is 2. The monoisotopic (exact) mass is 371 g/mol. The number of amides is 1. The largest absolute Gasteiger partial charge is 0.492 e. The summed E-state index contributed by atoms with van der Waals surface area (Å²) < 4.78 is 5.47. The summed E-state index contributed by atoms with van der Waals surface area (Å²) in [4.78, 5) is 13.3. The van der Waals surface area contributed by atoms with E-state index < -0.39 is 5.41 Å². The minimum absolute atomic E-state index is 0.0567. The molecule has 4 heteroatoms. The van der Waals surface area contributed by atoms with Crippen LogP contribution in [0.15, 0.2) is 42.5 Å². The van der Waals surface area contributed by atoms with Gasteiger partial charge in [0.1, 0.15) is 5.75 Å². The van der Waals surface area contributed by atoms with Gasteiger partial charge in [0.15, 0.2) is 0 Å². The number of nitrogens with one attached hydrogen (secondary N) is 1. The molecule has 138 valence electrons. The van der Waals surface area contributed by atoms with E-state index in [4.69, 9.17) is 16.3 Å². The molecule has 0 bridgehead atoms. The van der Waals surface area contributed by atoms with Crippen LogP contribution in [-0.2, 0) is 10.2 Å². The standard InChI is InChI=1S/C22H26ClNO2/c1-3-26-20-12-11-18(15-19(20)23)24-21(25)22(13-5-4-6-14-22)17-9-7-16(2)8-10-17/h7-12,15H,3-6,13-14H2,1-2H3,(H,24,25). The van der Waals surface area contributed by atoms with E-state index in [1.807, 2.05) is 13.0 Å². The van der Waals surface area contributed by atoms with Gasteiger partial charge < -0.3 is 10.1 Å². The van der Waals surface area contributed by atoms with Gasteiger partial charge in [0.05, 0.1) is 17.0 Å². The SMILES string of the molecule is CCOc1ccc(NC(=O)C2(c3ccc(C)cc3)CCCCC2)cc1Cl. The molecule has 1 saturated carbocycles. The normalized spacial score (nSPS) is 16.1. The van der Waals surface area contributed by atoms with E-state index in [0.29, 0.717) is 23.1 Å². The highest BCUT2D eigenvalue weighted by Crippen LogP contribution is 2.41. The van der Waals surface area contributed by atoms with Crippen molar-refractivity contribution in [3.63, 3.8) is 0 Å². The zero-order chi connectivity index (χ0) is 18.6. The van der Waals surface area contributed by atoms with Crippen molar-refractivity contribution >= 4 is 23.2 Å². The fourth-order valence-electron chi connectivity index (χ4n) is 3.78. The second kappa shape index (κ2) is 8.13. The lowest BCUT2D eigenvalue weighted by molar-refractivity contribution is -0.122. The highest BCUT2D eigenvalue weighted by atomic mass is 35.5. The van der Waals surface area contributed by atoms with Crippen molar-refractivity contribution < 1.29 is 9.53 Å². The summed E-state index contributed by atoms with van der Waals surface area (Å²) in [5.74, 6) is 0.694. The van der Waals surface area contributed by atoms with Gasteiger partial charge in [-0.15, -0.1) is 0 Å². The zero-order valence-electron chi connectivity index (χ0n) is 15.5. The molecule has 0 unspecified atom stereocenters. The maximum absolute atomic E-state index is 13.3. The van der Waals surface area contributed by atoms with E-state index in [1.165, 1.54) is 12.0 Å². The van der Waals surface area contributed by atoms with Crippen molar-refractivity contribution in [1.29, 1.82) is 0 Å². The number of aryl methyl sites for hydroxylation is 1. The van der Waals surface area contributed by atoms with E-state index in [9.17, 15) is 4.79 Å². The van der Waals surface area contributed by atoms with Crippen LogP contribution in [0.3, 0.4) is 0 Å². The summed E-state index contributed by atoms with van der Waals surface area (Å²) in [6.07, 6.45) is 5.10. The second-order valence-corrected chi connectivity index (χ2v) is 7.45. The van der Waals surface area contributed by atoms with Crippen LogP contribution in [0.1, 0.15) is 50.2 Å². The third-order valence-corrected chi connectivity index (χ3v) is 5.53. The molecule has 0 saturated heterocycles. The third-order valence-electron chi connectivity index (χ3n) is 5.24. The van der Waals surface area contributed by atoms with Crippen molar-refractivity contribution in [2.45, 2.75) is 51.4 Å². The number of anilines is 1. The molecule has 3 nitrogen and oxygen atoms in total. The Balaban J connectivity index is 1.86. The molecule has 1 aliphatic carbocycles. The Hall–Kier alpha value is -2.00. The fraction of sp³-hybridized carbons (Fsp3) is 0.409. The van der Waals surface area contributed by atoms with E-state index >= 15 is 0 Å². The fourth-order valence-corrected chi connectivity index (χ4v) is 4.01. The first-order chi connectivity index (χ1) is 12.5. The number of halogens is 1. The van der Waals surface area contributed by atoms with Crippen LogP contribution in [-0.4, -0.2) is 12.5 Å². The topological polar surface area (TPSA) is 38.3 Å². The van der Waals surface area contributed by atoms with E-state index in [1.54, 1.807) is 12.1 Å². The van der Waals surface area contributed by atoms with Gasteiger partial charge >= 0.3 is 0 Å². The van der Waals surface area contributed by atoms with Gasteiger partial charge in [-0.1, -0.05) is 60.7 Å². The molecule has 0 spiro atoms. The van der Waals surface area contributed by atoms with Crippen molar-refractivity contribution in [3.05, 3.63) is 58.6 Å². The number of carbonyl (C=O) groups is 1. The minimum Gasteiger partial charge on any atom is -0.492 e. The van der Waals surface area contributed by atoms with Gasteiger partial charge in [0, 0.05) is 5.69 Å². The number of rotatable bonds is 5. The van der Waals surface area contributed by atoms with E-state index in [0.717, 1.165) is 31.2 Å². The van der Waals surface area contributed by atoms with Gasteiger partial charge in [0.25, 0.3) is 0 Å². The molecular weight excluding hydrogens is 346 g/mol. The molecule has 0 aliphatic heterocycles. The van der Waals surface area contributed by atoms with Gasteiger partial charge in [0.2, 0.25) is 5.91 Å². The molecule has 0 aromatic heterocycles. The predicted molar refractivity (Wildman–Crippen MR) is 107 cm³/mol. The Labute approximate surface area is 160 Å². The molecule has 3 rings (SSSR count). The number of carbonyl (C=O) groups excluding carboxylic acids is 1. The van der Waals surface area contributed by atoms with Crippen LogP contribution in [0.2, 0.25) is 5.02 Å². The molecule has 1 N–H and O–H groups in total. The van der Waals surface area contributed by atoms with Crippen LogP contribution in [0.4, 0.5) is 5.69 Å². The van der Waals surface area contributed by atoms with Gasteiger partial charge in [-0.25, -0.2) is 0 Å². The van der Waals surface area contributed by atoms with Gasteiger partial charge in [-0.2, -0.15) is 0 Å². The quantitative estimate of drug-likeness (QED) is 0.711. The molecule has 0 heterocycles. The van der Waals surface area contributed by atoms with Crippen LogP contribution in [0.25, 0.3) is 0 Å². The smallest absolute Gasteiger partial charge is 0.235 e. The molecule has 2 aromatic carbocycles. The van der Waals surface area contributed by atoms with Crippen LogP contribution < -0.4 is 10.1 Å². The van der Waals surface area contributed by atoms with Crippen molar-refractivity contribution in [2.75, 3.05) is 11.9 Å². The molecule has 0 radical (unpaired) electrons. The minimum atomic E-state index is -0.461. The lowest BCUT2D eigenvalue weighted by Crippen LogP contribution is -2.42. The lowest BCUT2D eigenvalue weighted by Gasteiger charge is -2.36. The average molecular weight is 372 g/mol. The first-order valence-electron chi connectivity index (χ1n) is 9.36. The lowest BCUT2D eigenvalue weighted by atomic mass is 9.68. The van der Waals surface area contributed by atoms with Gasteiger partial charge in [-0.05, 0) is 50.5 Å². The van der Waals surface area contributed by atoms with Crippen LogP contribution >= 0.6 is 11.6 Å². The molecule has 0 atom stereocenters. The summed E-state index contributed by atoms with van der Waals surface area (Å²) in [6.45, 7) is 4.54. The average Bonchev–Trinajstić information content (AvgIpc) is 2.65. The summed E-state index contributed by atoms with van der Waals surface area (Å²) >= 11 is 6.27. The summed E-state index contributed by atoms with van der Waals surface area (Å²) in [5, 5.41) is 3.61. The summed E-state index contributed by atoms with van der Waals surface area (Å²) in [6, 6.07) is 13.8. The van der Waals surface area contributed by atoms with Crippen molar-refractivity contribution in [1.82, 2.24) is 0 Å². The van der Waals surface area contributed by atoms with E-state index in [2.05, 4.69) is 36.5 Å². The Kier molecular flexibility index (Phi) is 5.87. The molecule has 2 aromatic rings. The first-order valence-corrected chi connectivity index (χ1v) is 9.74. The Morgan fingerprint density at radius 1 is 1.12 bits per heavy atom. The molecule has 26 heavy (non-hydrogen) atoms. The summed E-state index contributed by atoms with van der Waals surface area (Å²) in [5.41, 5.74) is 2.56. The number of ether oxygens (including phenoxy) is 1. The first kappa shape index (κ1) is 18.8. The maximum Gasteiger partial charge on any atom is 0.235 e. The number of hydrogen-bond acceptors (Lipinski definition) is 2. The second-order valence-electron chi connectivity index (χ2n) is 7.04. The zero-order valence-corrected chi connectivity index (χ0v) is 16.2. The molecule has 1 amide bonds. The highest BCUT2D eigenvalue weighted by Gasteiger charge is 2.41.